The standard InChI is InChI=1S/C15H20N6O.2C2H4O2/c22-15(13-9-21-7-6-16-5-4-14(21)18-13)17-8-12-10-2-1-3-11(10)19-20-12;2*1-2(3)4/h9,16H,1-8H2,(H,17,22)(H,19,20);2*1H3,(H,3,4). The number of fused-ring (bicyclic) bond motifs is 2. The molecule has 1 amide bonds. The Morgan fingerprint density at radius 2 is 1.83 bits per heavy atom. The summed E-state index contributed by atoms with van der Waals surface area (Å²) in [6.07, 6.45) is 6.01. The zero-order valence-corrected chi connectivity index (χ0v) is 17.2. The van der Waals surface area contributed by atoms with Crippen LogP contribution in [0.1, 0.15) is 53.5 Å². The molecule has 0 aromatic carbocycles. The number of aromatic nitrogens is 4. The SMILES string of the molecule is CC(=O)O.CC(=O)O.O=C(NCc1n[nH]c2c1CCC2)c1cn2c(n1)CCNCC2. The van der Waals surface area contributed by atoms with E-state index in [1.54, 1.807) is 0 Å². The molecule has 0 saturated heterocycles. The maximum absolute atomic E-state index is 12.3. The minimum absolute atomic E-state index is 0.122. The zero-order chi connectivity index (χ0) is 22.1. The molecule has 0 spiro atoms. The Morgan fingerprint density at radius 3 is 2.53 bits per heavy atom. The van der Waals surface area contributed by atoms with E-state index in [1.165, 1.54) is 17.7 Å². The van der Waals surface area contributed by atoms with Gasteiger partial charge in [-0.1, -0.05) is 0 Å². The second-order valence-corrected chi connectivity index (χ2v) is 6.94. The first-order valence-electron chi connectivity index (χ1n) is 9.77. The molecule has 2 aromatic rings. The second-order valence-electron chi connectivity index (χ2n) is 6.94. The molecule has 0 bridgehead atoms. The van der Waals surface area contributed by atoms with Crippen molar-refractivity contribution in [2.24, 2.45) is 0 Å². The second kappa shape index (κ2) is 11.1. The van der Waals surface area contributed by atoms with Gasteiger partial charge in [0.2, 0.25) is 0 Å². The number of hydrogen-bond donors (Lipinski definition) is 5. The fourth-order valence-electron chi connectivity index (χ4n) is 3.27. The van der Waals surface area contributed by atoms with Gasteiger partial charge in [-0.25, -0.2) is 4.98 Å². The summed E-state index contributed by atoms with van der Waals surface area (Å²) < 4.78 is 2.07. The van der Waals surface area contributed by atoms with E-state index in [4.69, 9.17) is 19.8 Å². The molecule has 0 saturated carbocycles. The average Bonchev–Trinajstić information content (AvgIpc) is 3.32. The molecule has 5 N–H and O–H groups in total. The maximum atomic E-state index is 12.3. The Morgan fingerprint density at radius 1 is 1.13 bits per heavy atom. The van der Waals surface area contributed by atoms with Gasteiger partial charge in [0.25, 0.3) is 17.8 Å². The summed E-state index contributed by atoms with van der Waals surface area (Å²) >= 11 is 0. The lowest BCUT2D eigenvalue weighted by Gasteiger charge is -2.02. The lowest BCUT2D eigenvalue weighted by Crippen LogP contribution is -2.24. The number of aliphatic carboxylic acids is 2. The summed E-state index contributed by atoms with van der Waals surface area (Å²) in [5.41, 5.74) is 3.98. The summed E-state index contributed by atoms with van der Waals surface area (Å²) in [5, 5.41) is 28.5. The number of nitrogens with zero attached hydrogens (tertiary/aromatic N) is 3. The lowest BCUT2D eigenvalue weighted by molar-refractivity contribution is -0.135. The molecule has 0 unspecified atom stereocenters. The van der Waals surface area contributed by atoms with Gasteiger partial charge in [-0.3, -0.25) is 19.5 Å². The summed E-state index contributed by atoms with van der Waals surface area (Å²) in [5.74, 6) is -0.806. The van der Waals surface area contributed by atoms with E-state index in [0.717, 1.165) is 64.3 Å². The number of amides is 1. The summed E-state index contributed by atoms with van der Waals surface area (Å²) in [4.78, 5) is 34.8. The van der Waals surface area contributed by atoms with Crippen molar-refractivity contribution < 1.29 is 24.6 Å². The van der Waals surface area contributed by atoms with Crippen molar-refractivity contribution in [1.82, 2.24) is 30.4 Å². The molecule has 4 rings (SSSR count). The molecule has 1 aliphatic carbocycles. The van der Waals surface area contributed by atoms with E-state index in [0.29, 0.717) is 12.2 Å². The third-order valence-electron chi connectivity index (χ3n) is 4.46. The highest BCUT2D eigenvalue weighted by atomic mass is 16.4. The molecule has 0 radical (unpaired) electrons. The van der Waals surface area contributed by atoms with Crippen LogP contribution in [0.4, 0.5) is 0 Å². The highest BCUT2D eigenvalue weighted by molar-refractivity contribution is 5.92. The van der Waals surface area contributed by atoms with Crippen LogP contribution in [0.25, 0.3) is 0 Å². The number of carbonyl (C=O) groups excluding carboxylic acids is 1. The molecule has 11 heteroatoms. The quantitative estimate of drug-likeness (QED) is 0.475. The molecule has 0 fully saturated rings. The fourth-order valence-corrected chi connectivity index (χ4v) is 3.27. The first-order valence-corrected chi connectivity index (χ1v) is 9.77. The molecule has 11 nitrogen and oxygen atoms in total. The monoisotopic (exact) mass is 420 g/mol. The number of hydrogen-bond acceptors (Lipinski definition) is 6. The van der Waals surface area contributed by atoms with E-state index in [2.05, 4.69) is 30.4 Å². The van der Waals surface area contributed by atoms with Gasteiger partial charge in [-0.05, 0) is 24.8 Å². The predicted octanol–water partition coefficient (Wildman–Crippen LogP) is 0.352. The number of H-pyrrole nitrogens is 1. The van der Waals surface area contributed by atoms with Crippen molar-refractivity contribution in [1.29, 1.82) is 0 Å². The van der Waals surface area contributed by atoms with Gasteiger partial charge in [-0.2, -0.15) is 5.10 Å². The van der Waals surface area contributed by atoms with Crippen LogP contribution in [0.5, 0.6) is 0 Å². The van der Waals surface area contributed by atoms with E-state index < -0.39 is 11.9 Å². The fraction of sp³-hybridized carbons (Fsp3) is 0.526. The average molecular weight is 420 g/mol. The molecule has 0 atom stereocenters. The number of carbonyl (C=O) groups is 3. The molecular weight excluding hydrogens is 392 g/mol. The minimum Gasteiger partial charge on any atom is -0.481 e. The Hall–Kier alpha value is -3.21. The number of imidazole rings is 1. The van der Waals surface area contributed by atoms with Crippen LogP contribution in [-0.2, 0) is 41.9 Å². The highest BCUT2D eigenvalue weighted by Gasteiger charge is 2.20. The van der Waals surface area contributed by atoms with Gasteiger partial charge in [0, 0.05) is 51.8 Å². The molecule has 1 aliphatic heterocycles. The summed E-state index contributed by atoms with van der Waals surface area (Å²) in [7, 11) is 0. The molecule has 3 heterocycles. The van der Waals surface area contributed by atoms with Crippen molar-refractivity contribution in [2.45, 2.75) is 52.6 Å². The van der Waals surface area contributed by atoms with Crippen molar-refractivity contribution in [3.8, 4) is 0 Å². The van der Waals surface area contributed by atoms with Crippen LogP contribution >= 0.6 is 0 Å². The van der Waals surface area contributed by atoms with Gasteiger partial charge in [0.1, 0.15) is 11.5 Å². The highest BCUT2D eigenvalue weighted by Crippen LogP contribution is 2.22. The van der Waals surface area contributed by atoms with Crippen LogP contribution in [0.15, 0.2) is 6.20 Å². The number of aryl methyl sites for hydroxylation is 1. The summed E-state index contributed by atoms with van der Waals surface area (Å²) in [6.45, 7) is 5.33. The van der Waals surface area contributed by atoms with Crippen LogP contribution in [0, 0.1) is 0 Å². The van der Waals surface area contributed by atoms with E-state index in [-0.39, 0.29) is 5.91 Å². The van der Waals surface area contributed by atoms with Crippen LogP contribution < -0.4 is 10.6 Å². The van der Waals surface area contributed by atoms with Gasteiger partial charge in [0.15, 0.2) is 0 Å². The van der Waals surface area contributed by atoms with Crippen molar-refractivity contribution in [2.75, 3.05) is 13.1 Å². The van der Waals surface area contributed by atoms with Crippen molar-refractivity contribution >= 4 is 17.8 Å². The molecule has 30 heavy (non-hydrogen) atoms. The maximum Gasteiger partial charge on any atom is 0.300 e. The largest absolute Gasteiger partial charge is 0.481 e. The lowest BCUT2D eigenvalue weighted by atomic mass is 10.2. The zero-order valence-electron chi connectivity index (χ0n) is 17.2. The van der Waals surface area contributed by atoms with E-state index in [1.807, 2.05) is 6.20 Å². The van der Waals surface area contributed by atoms with Gasteiger partial charge < -0.3 is 25.4 Å². The Kier molecular flexibility index (Phi) is 8.54. The van der Waals surface area contributed by atoms with Crippen molar-refractivity contribution in [3.63, 3.8) is 0 Å². The topological polar surface area (TPSA) is 162 Å². The first-order chi connectivity index (χ1) is 14.3. The third kappa shape index (κ3) is 6.99. The number of rotatable bonds is 3. The number of carboxylic acids is 2. The predicted molar refractivity (Wildman–Crippen MR) is 107 cm³/mol. The minimum atomic E-state index is -0.833. The Bertz CT molecular complexity index is 845. The van der Waals surface area contributed by atoms with Crippen molar-refractivity contribution in [3.05, 3.63) is 34.7 Å². The van der Waals surface area contributed by atoms with E-state index >= 15 is 0 Å². The number of nitrogens with one attached hydrogen (secondary N) is 3. The Labute approximate surface area is 173 Å². The number of aromatic amines is 1. The molecule has 164 valence electrons. The molecule has 2 aliphatic rings. The molecular formula is C19H28N6O5. The summed E-state index contributed by atoms with van der Waals surface area (Å²) in [6, 6.07) is 0. The number of carboxylic acid groups (broad SMARTS) is 2. The van der Waals surface area contributed by atoms with E-state index in [9.17, 15) is 4.79 Å². The Balaban J connectivity index is 0.000000347. The van der Waals surface area contributed by atoms with Crippen LogP contribution in [0.2, 0.25) is 0 Å². The van der Waals surface area contributed by atoms with Gasteiger partial charge in [-0.15, -0.1) is 0 Å². The smallest absolute Gasteiger partial charge is 0.300 e. The van der Waals surface area contributed by atoms with Gasteiger partial charge in [0.05, 0.1) is 12.2 Å². The third-order valence-corrected chi connectivity index (χ3v) is 4.46. The van der Waals surface area contributed by atoms with Gasteiger partial charge >= 0.3 is 0 Å². The van der Waals surface area contributed by atoms with Crippen LogP contribution in [0.3, 0.4) is 0 Å². The first kappa shape index (κ1) is 23.1. The molecule has 2 aromatic heterocycles. The normalized spacial score (nSPS) is 14.1. The van der Waals surface area contributed by atoms with Crippen LogP contribution in [-0.4, -0.2) is 60.9 Å².